The molecule has 0 aliphatic rings. The zero-order chi connectivity index (χ0) is 19.8. The van der Waals surface area contributed by atoms with Crippen molar-refractivity contribution in [2.75, 3.05) is 14.1 Å². The Labute approximate surface area is 154 Å². The molecule has 0 atom stereocenters. The fourth-order valence-corrected chi connectivity index (χ4v) is 3.56. The van der Waals surface area contributed by atoms with Crippen molar-refractivity contribution in [2.24, 2.45) is 0 Å². The maximum Gasteiger partial charge on any atom is 0.271 e. The third-order valence-corrected chi connectivity index (χ3v) is 5.86. The van der Waals surface area contributed by atoms with Gasteiger partial charge >= 0.3 is 0 Å². The zero-order valence-electron chi connectivity index (χ0n) is 14.6. The lowest BCUT2D eigenvalue weighted by Gasteiger charge is -2.13. The number of nitro groups is 1. The van der Waals surface area contributed by atoms with E-state index in [9.17, 15) is 23.3 Å². The SMILES string of the molecule is CN(C)S(=O)(=O)c1cccc(Cn2cnc3cc([N+](=O)[O-])ccc3c2=O)c1. The Balaban J connectivity index is 2.00. The summed E-state index contributed by atoms with van der Waals surface area (Å²) in [5, 5.41) is 11.1. The van der Waals surface area contributed by atoms with Crippen molar-refractivity contribution >= 4 is 26.6 Å². The topological polar surface area (TPSA) is 115 Å². The molecule has 10 heteroatoms. The molecule has 1 aromatic heterocycles. The molecule has 0 radical (unpaired) electrons. The highest BCUT2D eigenvalue weighted by molar-refractivity contribution is 7.89. The number of nitro benzene ring substituents is 1. The lowest BCUT2D eigenvalue weighted by atomic mass is 10.2. The van der Waals surface area contributed by atoms with Crippen LogP contribution >= 0.6 is 0 Å². The van der Waals surface area contributed by atoms with E-state index < -0.39 is 14.9 Å². The smallest absolute Gasteiger partial charge is 0.271 e. The minimum Gasteiger partial charge on any atom is -0.294 e. The molecule has 0 fully saturated rings. The first-order valence-electron chi connectivity index (χ1n) is 7.85. The molecule has 3 rings (SSSR count). The molecule has 3 aromatic rings. The Bertz CT molecular complexity index is 1200. The summed E-state index contributed by atoms with van der Waals surface area (Å²) in [6.45, 7) is 0.121. The normalized spacial score (nSPS) is 11.8. The highest BCUT2D eigenvalue weighted by Crippen LogP contribution is 2.18. The van der Waals surface area contributed by atoms with Crippen LogP contribution in [0.2, 0.25) is 0 Å². The van der Waals surface area contributed by atoms with Crippen molar-refractivity contribution < 1.29 is 13.3 Å². The molecule has 9 nitrogen and oxygen atoms in total. The number of fused-ring (bicyclic) bond motifs is 1. The maximum atomic E-state index is 12.6. The van der Waals surface area contributed by atoms with Gasteiger partial charge in [-0.2, -0.15) is 0 Å². The lowest BCUT2D eigenvalue weighted by Crippen LogP contribution is -2.23. The average Bonchev–Trinajstić information content (AvgIpc) is 2.64. The predicted molar refractivity (Wildman–Crippen MR) is 99.1 cm³/mol. The summed E-state index contributed by atoms with van der Waals surface area (Å²) in [6.07, 6.45) is 1.29. The lowest BCUT2D eigenvalue weighted by molar-refractivity contribution is -0.384. The predicted octanol–water partition coefficient (Wildman–Crippen LogP) is 1.60. The van der Waals surface area contributed by atoms with Crippen LogP contribution in [0.5, 0.6) is 0 Å². The molecule has 27 heavy (non-hydrogen) atoms. The second-order valence-corrected chi connectivity index (χ2v) is 8.22. The Kier molecular flexibility index (Phi) is 4.77. The monoisotopic (exact) mass is 388 g/mol. The Morgan fingerprint density at radius 2 is 1.93 bits per heavy atom. The number of aromatic nitrogens is 2. The van der Waals surface area contributed by atoms with Gasteiger partial charge in [0, 0.05) is 26.2 Å². The summed E-state index contributed by atoms with van der Waals surface area (Å²) in [4.78, 5) is 27.2. The van der Waals surface area contributed by atoms with Crippen LogP contribution in [0.4, 0.5) is 5.69 Å². The number of non-ortho nitro benzene ring substituents is 1. The minimum absolute atomic E-state index is 0.121. The number of hydrogen-bond donors (Lipinski definition) is 0. The van der Waals surface area contributed by atoms with E-state index in [2.05, 4.69) is 4.98 Å². The van der Waals surface area contributed by atoms with E-state index in [1.807, 2.05) is 0 Å². The summed E-state index contributed by atoms with van der Waals surface area (Å²) < 4.78 is 27.0. The summed E-state index contributed by atoms with van der Waals surface area (Å²) in [7, 11) is -0.696. The fourth-order valence-electron chi connectivity index (χ4n) is 2.58. The van der Waals surface area contributed by atoms with Crippen LogP contribution in [-0.2, 0) is 16.6 Å². The number of hydrogen-bond acceptors (Lipinski definition) is 6. The summed E-state index contributed by atoms with van der Waals surface area (Å²) in [5.74, 6) is 0. The van der Waals surface area contributed by atoms with Gasteiger partial charge in [0.15, 0.2) is 0 Å². The van der Waals surface area contributed by atoms with Gasteiger partial charge in [-0.3, -0.25) is 19.5 Å². The van der Waals surface area contributed by atoms with Gasteiger partial charge in [0.05, 0.1) is 33.6 Å². The minimum atomic E-state index is -3.58. The highest BCUT2D eigenvalue weighted by atomic mass is 32.2. The number of benzene rings is 2. The molecule has 0 unspecified atom stereocenters. The molecule has 0 saturated heterocycles. The van der Waals surface area contributed by atoms with E-state index in [-0.39, 0.29) is 33.6 Å². The van der Waals surface area contributed by atoms with Crippen LogP contribution < -0.4 is 5.56 Å². The molecule has 0 aliphatic carbocycles. The molecule has 0 spiro atoms. The molecule has 0 amide bonds. The molecule has 0 aliphatic heterocycles. The Morgan fingerprint density at radius 1 is 1.19 bits per heavy atom. The van der Waals surface area contributed by atoms with Gasteiger partial charge in [0.2, 0.25) is 10.0 Å². The van der Waals surface area contributed by atoms with Crippen molar-refractivity contribution in [3.8, 4) is 0 Å². The molecule has 140 valence electrons. The van der Waals surface area contributed by atoms with Gasteiger partial charge in [-0.15, -0.1) is 0 Å². The molecule has 0 saturated carbocycles. The van der Waals surface area contributed by atoms with E-state index in [0.717, 1.165) is 4.31 Å². The highest BCUT2D eigenvalue weighted by Gasteiger charge is 2.17. The van der Waals surface area contributed by atoms with Gasteiger partial charge in [-0.25, -0.2) is 17.7 Å². The summed E-state index contributed by atoms with van der Waals surface area (Å²) in [5.41, 5.74) is 0.335. The van der Waals surface area contributed by atoms with Crippen LogP contribution in [0, 0.1) is 10.1 Å². The second kappa shape index (κ2) is 6.89. The van der Waals surface area contributed by atoms with Gasteiger partial charge in [0.25, 0.3) is 11.2 Å². The van der Waals surface area contributed by atoms with Crippen LogP contribution in [0.15, 0.2) is 58.5 Å². The molecule has 1 heterocycles. The first-order valence-corrected chi connectivity index (χ1v) is 9.29. The Hall–Kier alpha value is -3.11. The van der Waals surface area contributed by atoms with Crippen LogP contribution in [0.1, 0.15) is 5.56 Å². The molecule has 0 N–H and O–H groups in total. The average molecular weight is 388 g/mol. The van der Waals surface area contributed by atoms with Crippen LogP contribution in [0.3, 0.4) is 0 Å². The molecular formula is C17H16N4O5S. The number of rotatable bonds is 5. The third-order valence-electron chi connectivity index (χ3n) is 4.05. The van der Waals surface area contributed by atoms with E-state index in [4.69, 9.17) is 0 Å². The first kappa shape index (κ1) is 18.7. The van der Waals surface area contributed by atoms with Crippen molar-refractivity contribution in [1.82, 2.24) is 13.9 Å². The van der Waals surface area contributed by atoms with E-state index in [1.54, 1.807) is 12.1 Å². The number of nitrogens with zero attached hydrogens (tertiary/aromatic N) is 4. The quantitative estimate of drug-likeness (QED) is 0.484. The second-order valence-electron chi connectivity index (χ2n) is 6.07. The molecular weight excluding hydrogens is 372 g/mol. The first-order chi connectivity index (χ1) is 12.7. The van der Waals surface area contributed by atoms with Crippen molar-refractivity contribution in [3.05, 3.63) is 74.8 Å². The number of sulfonamides is 1. The van der Waals surface area contributed by atoms with Crippen LogP contribution in [-0.4, -0.2) is 41.3 Å². The van der Waals surface area contributed by atoms with Crippen LogP contribution in [0.25, 0.3) is 10.9 Å². The Morgan fingerprint density at radius 3 is 2.59 bits per heavy atom. The maximum absolute atomic E-state index is 12.6. The summed E-state index contributed by atoms with van der Waals surface area (Å²) in [6, 6.07) is 10.2. The van der Waals surface area contributed by atoms with E-state index in [1.165, 1.54) is 55.3 Å². The fraction of sp³-hybridized carbons (Fsp3) is 0.176. The van der Waals surface area contributed by atoms with Crippen molar-refractivity contribution in [1.29, 1.82) is 0 Å². The zero-order valence-corrected chi connectivity index (χ0v) is 15.4. The van der Waals surface area contributed by atoms with Gasteiger partial charge in [0.1, 0.15) is 0 Å². The van der Waals surface area contributed by atoms with Gasteiger partial charge in [-0.05, 0) is 23.8 Å². The molecule has 2 aromatic carbocycles. The van der Waals surface area contributed by atoms with E-state index in [0.29, 0.717) is 5.56 Å². The van der Waals surface area contributed by atoms with Gasteiger partial charge in [-0.1, -0.05) is 12.1 Å². The summed E-state index contributed by atoms with van der Waals surface area (Å²) >= 11 is 0. The van der Waals surface area contributed by atoms with E-state index >= 15 is 0 Å². The van der Waals surface area contributed by atoms with Gasteiger partial charge < -0.3 is 0 Å². The third kappa shape index (κ3) is 3.57. The standard InChI is InChI=1S/C17H16N4O5S/c1-19(2)27(25,26)14-5-3-4-12(8-14)10-20-11-18-16-9-13(21(23)24)6-7-15(16)17(20)22/h3-9,11H,10H2,1-2H3. The van der Waals surface area contributed by atoms with Crippen molar-refractivity contribution in [2.45, 2.75) is 11.4 Å². The molecule has 0 bridgehead atoms. The van der Waals surface area contributed by atoms with Crippen molar-refractivity contribution in [3.63, 3.8) is 0 Å². The largest absolute Gasteiger partial charge is 0.294 e.